The van der Waals surface area contributed by atoms with Crippen molar-refractivity contribution in [2.45, 2.75) is 24.1 Å². The minimum atomic E-state index is -0.844. The molecule has 0 aliphatic heterocycles. The predicted molar refractivity (Wildman–Crippen MR) is 68.9 cm³/mol. The van der Waals surface area contributed by atoms with Gasteiger partial charge in [-0.3, -0.25) is 4.79 Å². The van der Waals surface area contributed by atoms with Gasteiger partial charge in [0, 0.05) is 4.90 Å². The van der Waals surface area contributed by atoms with Gasteiger partial charge in [-0.2, -0.15) is 0 Å². The van der Waals surface area contributed by atoms with Crippen LogP contribution in [0.3, 0.4) is 0 Å². The predicted octanol–water partition coefficient (Wildman–Crippen LogP) is 3.02. The summed E-state index contributed by atoms with van der Waals surface area (Å²) in [6, 6.07) is 4.85. The first-order chi connectivity index (χ1) is 7.97. The Kier molecular flexibility index (Phi) is 5.02. The van der Waals surface area contributed by atoms with Crippen LogP contribution in [0.15, 0.2) is 23.1 Å². The Morgan fingerprint density at radius 3 is 2.65 bits per heavy atom. The molecular weight excluding hydrogens is 260 g/mol. The Morgan fingerprint density at radius 1 is 1.47 bits per heavy atom. The van der Waals surface area contributed by atoms with E-state index in [0.29, 0.717) is 10.5 Å². The minimum absolute atomic E-state index is 0.218. The van der Waals surface area contributed by atoms with E-state index in [2.05, 4.69) is 12.6 Å². The van der Waals surface area contributed by atoms with Crippen LogP contribution in [0.2, 0.25) is 0 Å². The van der Waals surface area contributed by atoms with Crippen molar-refractivity contribution in [1.82, 2.24) is 0 Å². The first-order valence-electron chi connectivity index (χ1n) is 5.12. The van der Waals surface area contributed by atoms with Gasteiger partial charge in [-0.15, -0.1) is 24.2 Å². The third-order valence-electron chi connectivity index (χ3n) is 2.16. The number of carbonyl (C=O) groups excluding carboxylic acids is 2. The van der Waals surface area contributed by atoms with Gasteiger partial charge in [0.1, 0.15) is 5.38 Å². The van der Waals surface area contributed by atoms with Gasteiger partial charge in [0.05, 0.1) is 12.2 Å². The zero-order chi connectivity index (χ0) is 13.0. The van der Waals surface area contributed by atoms with Crippen LogP contribution < -0.4 is 0 Å². The molecule has 0 aliphatic rings. The van der Waals surface area contributed by atoms with Crippen LogP contribution in [-0.2, 0) is 9.53 Å². The maximum atomic E-state index is 11.7. The molecule has 1 unspecified atom stereocenters. The third kappa shape index (κ3) is 3.48. The summed E-state index contributed by atoms with van der Waals surface area (Å²) in [5.74, 6) is -0.713. The molecule has 0 aliphatic carbocycles. The van der Waals surface area contributed by atoms with Crippen molar-refractivity contribution in [1.29, 1.82) is 0 Å². The number of alkyl halides is 1. The summed E-state index contributed by atoms with van der Waals surface area (Å²) in [5, 5.41) is -0.844. The fraction of sp³-hybridized carbons (Fsp3) is 0.333. The molecule has 1 aromatic rings. The number of rotatable bonds is 4. The minimum Gasteiger partial charge on any atom is -0.462 e. The molecule has 0 aromatic heterocycles. The fourth-order valence-electron chi connectivity index (χ4n) is 1.37. The summed E-state index contributed by atoms with van der Waals surface area (Å²) in [7, 11) is 0. The lowest BCUT2D eigenvalue weighted by molar-refractivity contribution is -0.116. The molecule has 1 aromatic carbocycles. The highest BCUT2D eigenvalue weighted by molar-refractivity contribution is 7.80. The van der Waals surface area contributed by atoms with Crippen LogP contribution in [0.4, 0.5) is 0 Å². The number of carbonyl (C=O) groups is 2. The van der Waals surface area contributed by atoms with Crippen molar-refractivity contribution in [2.75, 3.05) is 6.61 Å². The van der Waals surface area contributed by atoms with E-state index in [1.807, 2.05) is 0 Å². The van der Waals surface area contributed by atoms with Crippen LogP contribution >= 0.6 is 24.2 Å². The van der Waals surface area contributed by atoms with Crippen molar-refractivity contribution < 1.29 is 14.3 Å². The van der Waals surface area contributed by atoms with Crippen LogP contribution in [0.1, 0.15) is 35.1 Å². The highest BCUT2D eigenvalue weighted by Crippen LogP contribution is 2.27. The largest absolute Gasteiger partial charge is 0.462 e. The topological polar surface area (TPSA) is 43.4 Å². The summed E-state index contributed by atoms with van der Waals surface area (Å²) in [4.78, 5) is 23.6. The summed E-state index contributed by atoms with van der Waals surface area (Å²) in [6.07, 6.45) is 0. The van der Waals surface area contributed by atoms with Crippen molar-refractivity contribution in [2.24, 2.45) is 0 Å². The Balaban J connectivity index is 3.21. The summed E-state index contributed by atoms with van der Waals surface area (Å²) < 4.78 is 4.91. The number of hydrogen-bond donors (Lipinski definition) is 1. The Labute approximate surface area is 111 Å². The standard InChI is InChI=1S/C12H13ClO3S/c1-3-16-12(15)10-6-8(17)4-5-9(10)11(13)7(2)14/h4-6,11,17H,3H2,1-2H3. The zero-order valence-corrected chi connectivity index (χ0v) is 11.2. The molecule has 1 atom stereocenters. The quantitative estimate of drug-likeness (QED) is 0.520. The van der Waals surface area contributed by atoms with Crippen LogP contribution in [0, 0.1) is 0 Å². The van der Waals surface area contributed by atoms with E-state index in [-0.39, 0.29) is 18.0 Å². The van der Waals surface area contributed by atoms with Gasteiger partial charge in [0.25, 0.3) is 0 Å². The average molecular weight is 273 g/mol. The maximum Gasteiger partial charge on any atom is 0.338 e. The molecule has 0 saturated carbocycles. The van der Waals surface area contributed by atoms with Gasteiger partial charge in [-0.05, 0) is 31.5 Å². The van der Waals surface area contributed by atoms with Gasteiger partial charge in [0.15, 0.2) is 5.78 Å². The van der Waals surface area contributed by atoms with E-state index in [4.69, 9.17) is 16.3 Å². The third-order valence-corrected chi connectivity index (χ3v) is 2.98. The van der Waals surface area contributed by atoms with Crippen molar-refractivity contribution >= 4 is 36.0 Å². The molecule has 1 rings (SSSR count). The Hall–Kier alpha value is -1.00. The van der Waals surface area contributed by atoms with Gasteiger partial charge in [-0.25, -0.2) is 4.79 Å². The smallest absolute Gasteiger partial charge is 0.338 e. The molecule has 0 fully saturated rings. The lowest BCUT2D eigenvalue weighted by Crippen LogP contribution is -2.12. The van der Waals surface area contributed by atoms with E-state index in [9.17, 15) is 9.59 Å². The van der Waals surface area contributed by atoms with E-state index in [1.165, 1.54) is 6.92 Å². The number of thiol groups is 1. The second-order valence-corrected chi connectivity index (χ2v) is 4.42. The Morgan fingerprint density at radius 2 is 2.12 bits per heavy atom. The number of esters is 1. The Bertz CT molecular complexity index is 445. The molecule has 0 N–H and O–H groups in total. The molecule has 0 radical (unpaired) electrons. The van der Waals surface area contributed by atoms with Crippen molar-refractivity contribution in [3.8, 4) is 0 Å². The van der Waals surface area contributed by atoms with E-state index in [0.717, 1.165) is 0 Å². The molecule has 0 amide bonds. The molecule has 0 heterocycles. The average Bonchev–Trinajstić information content (AvgIpc) is 2.28. The number of Topliss-reactive ketones (excluding diaryl/α,β-unsaturated/α-hetero) is 1. The van der Waals surface area contributed by atoms with Gasteiger partial charge >= 0.3 is 5.97 Å². The SMILES string of the molecule is CCOC(=O)c1cc(S)ccc1C(Cl)C(C)=O. The van der Waals surface area contributed by atoms with Crippen LogP contribution in [0.5, 0.6) is 0 Å². The normalized spacial score (nSPS) is 12.0. The van der Waals surface area contributed by atoms with E-state index in [1.54, 1.807) is 25.1 Å². The van der Waals surface area contributed by atoms with Gasteiger partial charge < -0.3 is 4.74 Å². The number of benzene rings is 1. The highest BCUT2D eigenvalue weighted by Gasteiger charge is 2.21. The number of halogens is 1. The fourth-order valence-corrected chi connectivity index (χ4v) is 1.76. The lowest BCUT2D eigenvalue weighted by Gasteiger charge is -2.12. The number of hydrogen-bond acceptors (Lipinski definition) is 4. The van der Waals surface area contributed by atoms with Crippen molar-refractivity contribution in [3.63, 3.8) is 0 Å². The molecule has 92 valence electrons. The molecule has 3 nitrogen and oxygen atoms in total. The summed E-state index contributed by atoms with van der Waals surface area (Å²) >= 11 is 10.1. The van der Waals surface area contributed by atoms with E-state index >= 15 is 0 Å². The number of ether oxygens (including phenoxy) is 1. The maximum absolute atomic E-state index is 11.7. The first kappa shape index (κ1) is 14.1. The monoisotopic (exact) mass is 272 g/mol. The molecule has 5 heteroatoms. The molecular formula is C12H13ClO3S. The molecule has 0 saturated heterocycles. The highest BCUT2D eigenvalue weighted by atomic mass is 35.5. The van der Waals surface area contributed by atoms with E-state index < -0.39 is 11.3 Å². The van der Waals surface area contributed by atoms with Gasteiger partial charge in [-0.1, -0.05) is 6.07 Å². The van der Waals surface area contributed by atoms with Gasteiger partial charge in [0.2, 0.25) is 0 Å². The van der Waals surface area contributed by atoms with Crippen LogP contribution in [0.25, 0.3) is 0 Å². The second-order valence-electron chi connectivity index (χ2n) is 3.47. The first-order valence-corrected chi connectivity index (χ1v) is 6.00. The number of ketones is 1. The lowest BCUT2D eigenvalue weighted by atomic mass is 10.0. The second kappa shape index (κ2) is 6.07. The van der Waals surface area contributed by atoms with Crippen molar-refractivity contribution in [3.05, 3.63) is 29.3 Å². The molecule has 0 bridgehead atoms. The summed E-state index contributed by atoms with van der Waals surface area (Å²) in [6.45, 7) is 3.36. The molecule has 0 spiro atoms. The zero-order valence-electron chi connectivity index (χ0n) is 9.57. The molecule has 17 heavy (non-hydrogen) atoms. The summed E-state index contributed by atoms with van der Waals surface area (Å²) in [5.41, 5.74) is 0.741. The van der Waals surface area contributed by atoms with Crippen LogP contribution in [-0.4, -0.2) is 18.4 Å².